The van der Waals surface area contributed by atoms with Gasteiger partial charge in [-0.3, -0.25) is 0 Å². The van der Waals surface area contributed by atoms with Crippen LogP contribution in [0, 0.1) is 12.7 Å². The van der Waals surface area contributed by atoms with Crippen LogP contribution >= 0.6 is 27.5 Å². The van der Waals surface area contributed by atoms with Crippen molar-refractivity contribution in [3.8, 4) is 0 Å². The third-order valence-corrected chi connectivity index (χ3v) is 4.28. The summed E-state index contributed by atoms with van der Waals surface area (Å²) < 4.78 is 14.7. The van der Waals surface area contributed by atoms with Crippen LogP contribution in [0.4, 0.5) is 4.39 Å². The highest BCUT2D eigenvalue weighted by Gasteiger charge is 2.14. The van der Waals surface area contributed by atoms with Gasteiger partial charge >= 0.3 is 0 Å². The highest BCUT2D eigenvalue weighted by atomic mass is 79.9. The summed E-state index contributed by atoms with van der Waals surface area (Å²) in [5.74, 6) is -0.364. The molecule has 112 valence electrons. The molecule has 0 aliphatic carbocycles. The predicted molar refractivity (Wildman–Crippen MR) is 90.4 cm³/mol. The van der Waals surface area contributed by atoms with Crippen molar-refractivity contribution in [2.75, 3.05) is 6.54 Å². The molecule has 1 N–H and O–H groups in total. The molecular formula is C17H18BrClFN. The standard InChI is InChI=1S/C17H18BrClFN/c1-3-21-17(14-6-5-13(18)8-11(14)2)10-12-4-7-15(19)16(20)9-12/h4-9,17,21H,3,10H2,1-2H3. The Bertz CT molecular complexity index is 630. The smallest absolute Gasteiger partial charge is 0.142 e. The van der Waals surface area contributed by atoms with Crippen molar-refractivity contribution in [2.24, 2.45) is 0 Å². The van der Waals surface area contributed by atoms with Crippen molar-refractivity contribution in [1.82, 2.24) is 5.32 Å². The van der Waals surface area contributed by atoms with E-state index in [0.717, 1.165) is 23.0 Å². The van der Waals surface area contributed by atoms with Gasteiger partial charge in [0.15, 0.2) is 0 Å². The van der Waals surface area contributed by atoms with Gasteiger partial charge in [0.1, 0.15) is 5.82 Å². The van der Waals surface area contributed by atoms with Gasteiger partial charge in [-0.1, -0.05) is 46.6 Å². The summed E-state index contributed by atoms with van der Waals surface area (Å²) in [7, 11) is 0. The fourth-order valence-corrected chi connectivity index (χ4v) is 3.06. The third kappa shape index (κ3) is 4.29. The molecule has 0 amide bonds. The average molecular weight is 371 g/mol. The van der Waals surface area contributed by atoms with Crippen molar-refractivity contribution in [3.05, 3.63) is 68.4 Å². The molecule has 0 aliphatic heterocycles. The average Bonchev–Trinajstić information content (AvgIpc) is 2.42. The number of hydrogen-bond acceptors (Lipinski definition) is 1. The predicted octanol–water partition coefficient (Wildman–Crippen LogP) is 5.44. The molecule has 2 aromatic rings. The van der Waals surface area contributed by atoms with Gasteiger partial charge in [-0.15, -0.1) is 0 Å². The van der Waals surface area contributed by atoms with Gasteiger partial charge in [0, 0.05) is 10.5 Å². The number of hydrogen-bond donors (Lipinski definition) is 1. The monoisotopic (exact) mass is 369 g/mol. The van der Waals surface area contributed by atoms with Crippen LogP contribution in [0.5, 0.6) is 0 Å². The van der Waals surface area contributed by atoms with Gasteiger partial charge in [-0.25, -0.2) is 4.39 Å². The van der Waals surface area contributed by atoms with Crippen molar-refractivity contribution in [3.63, 3.8) is 0 Å². The first-order valence-electron chi connectivity index (χ1n) is 6.94. The molecule has 21 heavy (non-hydrogen) atoms. The molecule has 0 heterocycles. The molecule has 0 saturated carbocycles. The first-order valence-corrected chi connectivity index (χ1v) is 8.11. The lowest BCUT2D eigenvalue weighted by Crippen LogP contribution is -2.23. The Balaban J connectivity index is 2.28. The highest BCUT2D eigenvalue weighted by Crippen LogP contribution is 2.26. The lowest BCUT2D eigenvalue weighted by molar-refractivity contribution is 0.544. The fourth-order valence-electron chi connectivity index (χ4n) is 2.47. The van der Waals surface area contributed by atoms with Crippen LogP contribution in [0.25, 0.3) is 0 Å². The van der Waals surface area contributed by atoms with E-state index in [1.165, 1.54) is 17.2 Å². The Morgan fingerprint density at radius 2 is 2.00 bits per heavy atom. The van der Waals surface area contributed by atoms with Crippen LogP contribution in [0.3, 0.4) is 0 Å². The second kappa shape index (κ2) is 7.39. The van der Waals surface area contributed by atoms with Crippen molar-refractivity contribution >= 4 is 27.5 Å². The zero-order chi connectivity index (χ0) is 15.4. The lowest BCUT2D eigenvalue weighted by Gasteiger charge is -2.21. The summed E-state index contributed by atoms with van der Waals surface area (Å²) in [5.41, 5.74) is 3.38. The molecule has 2 rings (SSSR count). The molecule has 0 aliphatic rings. The van der Waals surface area contributed by atoms with Gasteiger partial charge in [-0.2, -0.15) is 0 Å². The highest BCUT2D eigenvalue weighted by molar-refractivity contribution is 9.10. The molecule has 0 spiro atoms. The molecule has 1 nitrogen and oxygen atoms in total. The van der Waals surface area contributed by atoms with E-state index >= 15 is 0 Å². The van der Waals surface area contributed by atoms with Crippen LogP contribution in [0.15, 0.2) is 40.9 Å². The molecule has 0 bridgehead atoms. The topological polar surface area (TPSA) is 12.0 Å². The summed E-state index contributed by atoms with van der Waals surface area (Å²) in [4.78, 5) is 0. The van der Waals surface area contributed by atoms with Crippen molar-refractivity contribution < 1.29 is 4.39 Å². The van der Waals surface area contributed by atoms with E-state index in [4.69, 9.17) is 11.6 Å². The molecular weight excluding hydrogens is 353 g/mol. The van der Waals surface area contributed by atoms with E-state index in [2.05, 4.69) is 47.2 Å². The summed E-state index contributed by atoms with van der Waals surface area (Å²) in [6, 6.07) is 11.4. The maximum Gasteiger partial charge on any atom is 0.142 e. The molecule has 1 unspecified atom stereocenters. The number of halogens is 3. The molecule has 4 heteroatoms. The zero-order valence-electron chi connectivity index (χ0n) is 12.1. The van der Waals surface area contributed by atoms with Gasteiger partial charge in [0.05, 0.1) is 5.02 Å². The molecule has 0 fully saturated rings. The van der Waals surface area contributed by atoms with E-state index < -0.39 is 0 Å². The minimum Gasteiger partial charge on any atom is -0.310 e. The quantitative estimate of drug-likeness (QED) is 0.738. The van der Waals surface area contributed by atoms with Crippen LogP contribution < -0.4 is 5.32 Å². The summed E-state index contributed by atoms with van der Waals surface area (Å²) in [6.07, 6.45) is 0.727. The largest absolute Gasteiger partial charge is 0.310 e. The van der Waals surface area contributed by atoms with Gasteiger partial charge < -0.3 is 5.32 Å². The van der Waals surface area contributed by atoms with Crippen LogP contribution in [0.1, 0.15) is 29.7 Å². The van der Waals surface area contributed by atoms with Crippen LogP contribution in [0.2, 0.25) is 5.02 Å². The molecule has 1 atom stereocenters. The normalized spacial score (nSPS) is 12.4. The lowest BCUT2D eigenvalue weighted by atomic mass is 9.95. The van der Waals surface area contributed by atoms with E-state index in [9.17, 15) is 4.39 Å². The number of rotatable bonds is 5. The minimum atomic E-state index is -0.364. The first kappa shape index (κ1) is 16.5. The van der Waals surface area contributed by atoms with Crippen LogP contribution in [-0.2, 0) is 6.42 Å². The molecule has 2 aromatic carbocycles. The van der Waals surface area contributed by atoms with E-state index in [1.807, 2.05) is 12.1 Å². The first-order chi connectivity index (χ1) is 10.0. The fraction of sp³-hybridized carbons (Fsp3) is 0.294. The van der Waals surface area contributed by atoms with Gasteiger partial charge in [-0.05, 0) is 60.8 Å². The Kier molecular flexibility index (Phi) is 5.80. The Morgan fingerprint density at radius 3 is 2.62 bits per heavy atom. The Labute approximate surface area is 138 Å². The Hall–Kier alpha value is -0.900. The summed E-state index contributed by atoms with van der Waals surface area (Å²) >= 11 is 9.23. The third-order valence-electron chi connectivity index (χ3n) is 3.48. The van der Waals surface area contributed by atoms with E-state index in [0.29, 0.717) is 0 Å². The molecule has 0 saturated heterocycles. The van der Waals surface area contributed by atoms with Crippen LogP contribution in [-0.4, -0.2) is 6.54 Å². The summed E-state index contributed by atoms with van der Waals surface area (Å²) in [5, 5.41) is 3.64. The summed E-state index contributed by atoms with van der Waals surface area (Å²) in [6.45, 7) is 5.02. The Morgan fingerprint density at radius 1 is 1.24 bits per heavy atom. The maximum atomic E-state index is 13.6. The van der Waals surface area contributed by atoms with Gasteiger partial charge in [0.2, 0.25) is 0 Å². The van der Waals surface area contributed by atoms with Gasteiger partial charge in [0.25, 0.3) is 0 Å². The second-order valence-corrected chi connectivity index (χ2v) is 6.39. The van der Waals surface area contributed by atoms with E-state index in [-0.39, 0.29) is 16.9 Å². The number of nitrogens with one attached hydrogen (secondary N) is 1. The minimum absolute atomic E-state index is 0.156. The molecule has 0 aromatic heterocycles. The number of aryl methyl sites for hydroxylation is 1. The number of likely N-dealkylation sites (N-methyl/N-ethyl adjacent to an activating group) is 1. The van der Waals surface area contributed by atoms with E-state index in [1.54, 1.807) is 6.07 Å². The van der Waals surface area contributed by atoms with Crippen molar-refractivity contribution in [2.45, 2.75) is 26.3 Å². The second-order valence-electron chi connectivity index (χ2n) is 5.06. The number of benzene rings is 2. The van der Waals surface area contributed by atoms with Crippen molar-refractivity contribution in [1.29, 1.82) is 0 Å². The maximum absolute atomic E-state index is 13.6. The SMILES string of the molecule is CCNC(Cc1ccc(Cl)c(F)c1)c1ccc(Br)cc1C. The molecule has 0 radical (unpaired) electrons. The zero-order valence-corrected chi connectivity index (χ0v) is 14.4.